The van der Waals surface area contributed by atoms with Gasteiger partial charge in [-0.2, -0.15) is 0 Å². The first-order valence-corrected chi connectivity index (χ1v) is 22.5. The molecule has 2 aliphatic rings. The highest BCUT2D eigenvalue weighted by molar-refractivity contribution is 6.00. The maximum Gasteiger partial charge on any atom is 0.0540 e. The summed E-state index contributed by atoms with van der Waals surface area (Å²) in [4.78, 5) is 4.85. The van der Waals surface area contributed by atoms with Crippen LogP contribution in [-0.2, 0) is 10.8 Å². The summed E-state index contributed by atoms with van der Waals surface area (Å²) in [7, 11) is 0. The predicted octanol–water partition coefficient (Wildman–Crippen LogP) is 17.2. The lowest BCUT2D eigenvalue weighted by Gasteiger charge is -2.30. The van der Waals surface area contributed by atoms with Crippen molar-refractivity contribution in [2.24, 2.45) is 0 Å². The third kappa shape index (κ3) is 5.93. The van der Waals surface area contributed by atoms with E-state index in [-0.39, 0.29) is 10.8 Å². The molecule has 2 nitrogen and oxygen atoms in total. The highest BCUT2D eigenvalue weighted by Gasteiger charge is 2.37. The number of benzene rings is 10. The van der Waals surface area contributed by atoms with Crippen LogP contribution in [0.5, 0.6) is 0 Å². The molecule has 0 radical (unpaired) electrons. The van der Waals surface area contributed by atoms with Crippen LogP contribution in [0.15, 0.2) is 218 Å². The Morgan fingerprint density at radius 1 is 0.281 bits per heavy atom. The van der Waals surface area contributed by atoms with Crippen molar-refractivity contribution in [3.05, 3.63) is 241 Å². The first-order chi connectivity index (χ1) is 31.2. The van der Waals surface area contributed by atoms with Gasteiger partial charge in [-0.05, 0) is 139 Å². The molecular formula is C62H48N2. The molecule has 2 heteroatoms. The van der Waals surface area contributed by atoms with E-state index >= 15 is 0 Å². The first-order valence-electron chi connectivity index (χ1n) is 22.5. The molecular weight excluding hydrogens is 773 g/mol. The highest BCUT2D eigenvalue weighted by atomic mass is 15.1. The van der Waals surface area contributed by atoms with Crippen LogP contribution in [0.4, 0.5) is 34.1 Å². The number of rotatable bonds is 7. The SMILES string of the molecule is CC1(C)c2ccccc2-c2ccc(N(c3ccc(-c4ccc(N(c5ccc6ccccc6c5)c5cccc6ccccc56)cc4)cc3)c3ccc4c(c3)C(C)(C)c3ccccc3-4)cc21. The quantitative estimate of drug-likeness (QED) is 0.158. The summed E-state index contributed by atoms with van der Waals surface area (Å²) in [6.45, 7) is 9.46. The molecule has 0 aromatic heterocycles. The molecule has 0 bridgehead atoms. The third-order valence-electron chi connectivity index (χ3n) is 14.2. The maximum absolute atomic E-state index is 2.46. The van der Waals surface area contributed by atoms with Gasteiger partial charge in [0.2, 0.25) is 0 Å². The molecule has 12 rings (SSSR count). The van der Waals surface area contributed by atoms with Crippen LogP contribution >= 0.6 is 0 Å². The average Bonchev–Trinajstić information content (AvgIpc) is 3.71. The molecule has 0 amide bonds. The monoisotopic (exact) mass is 820 g/mol. The Morgan fingerprint density at radius 3 is 1.30 bits per heavy atom. The van der Waals surface area contributed by atoms with Crippen molar-refractivity contribution in [2.45, 2.75) is 38.5 Å². The maximum atomic E-state index is 2.46. The Bertz CT molecular complexity index is 3330. The smallest absolute Gasteiger partial charge is 0.0540 e. The van der Waals surface area contributed by atoms with E-state index in [1.54, 1.807) is 0 Å². The van der Waals surface area contributed by atoms with Crippen LogP contribution in [0.3, 0.4) is 0 Å². The second-order valence-corrected chi connectivity index (χ2v) is 18.6. The zero-order valence-electron chi connectivity index (χ0n) is 36.7. The average molecular weight is 821 g/mol. The molecule has 64 heavy (non-hydrogen) atoms. The van der Waals surface area contributed by atoms with E-state index < -0.39 is 0 Å². The van der Waals surface area contributed by atoms with Gasteiger partial charge in [-0.1, -0.05) is 179 Å². The van der Waals surface area contributed by atoms with Crippen molar-refractivity contribution >= 4 is 55.7 Å². The van der Waals surface area contributed by atoms with E-state index in [0.717, 1.165) is 34.1 Å². The van der Waals surface area contributed by atoms with Crippen molar-refractivity contribution in [3.63, 3.8) is 0 Å². The summed E-state index contributed by atoms with van der Waals surface area (Å²) in [5.74, 6) is 0. The van der Waals surface area contributed by atoms with Crippen LogP contribution < -0.4 is 9.80 Å². The summed E-state index contributed by atoms with van der Waals surface area (Å²) < 4.78 is 0. The van der Waals surface area contributed by atoms with E-state index in [4.69, 9.17) is 0 Å². The van der Waals surface area contributed by atoms with E-state index in [1.165, 1.54) is 77.2 Å². The zero-order chi connectivity index (χ0) is 43.2. The predicted molar refractivity (Wildman–Crippen MR) is 271 cm³/mol. The van der Waals surface area contributed by atoms with Gasteiger partial charge in [0.05, 0.1) is 5.69 Å². The van der Waals surface area contributed by atoms with Gasteiger partial charge in [-0.15, -0.1) is 0 Å². The third-order valence-corrected chi connectivity index (χ3v) is 14.2. The van der Waals surface area contributed by atoms with Crippen molar-refractivity contribution in [1.29, 1.82) is 0 Å². The van der Waals surface area contributed by atoms with Crippen molar-refractivity contribution in [3.8, 4) is 33.4 Å². The summed E-state index contributed by atoms with van der Waals surface area (Å²) in [5.41, 5.74) is 19.8. The molecule has 0 N–H and O–H groups in total. The number of hydrogen-bond acceptors (Lipinski definition) is 2. The first kappa shape index (κ1) is 38.0. The summed E-state index contributed by atoms with van der Waals surface area (Å²) in [6, 6.07) is 80.8. The molecule has 0 heterocycles. The molecule has 10 aromatic carbocycles. The molecule has 0 fully saturated rings. The van der Waals surface area contributed by atoms with E-state index in [1.807, 2.05) is 0 Å². The van der Waals surface area contributed by atoms with Crippen molar-refractivity contribution in [2.75, 3.05) is 9.80 Å². The Balaban J connectivity index is 0.938. The van der Waals surface area contributed by atoms with Gasteiger partial charge in [-0.25, -0.2) is 0 Å². The van der Waals surface area contributed by atoms with Crippen molar-refractivity contribution < 1.29 is 0 Å². The summed E-state index contributed by atoms with van der Waals surface area (Å²) >= 11 is 0. The Morgan fingerprint density at radius 2 is 0.703 bits per heavy atom. The Kier molecular flexibility index (Phi) is 8.58. The number of nitrogens with zero attached hydrogens (tertiary/aromatic N) is 2. The van der Waals surface area contributed by atoms with Gasteiger partial charge in [0.1, 0.15) is 0 Å². The topological polar surface area (TPSA) is 6.48 Å². The van der Waals surface area contributed by atoms with E-state index in [0.29, 0.717) is 0 Å². The second-order valence-electron chi connectivity index (χ2n) is 18.6. The number of anilines is 6. The molecule has 0 atom stereocenters. The molecule has 0 saturated heterocycles. The molecule has 306 valence electrons. The van der Waals surface area contributed by atoms with Gasteiger partial charge in [0.15, 0.2) is 0 Å². The molecule has 0 unspecified atom stereocenters. The van der Waals surface area contributed by atoms with Gasteiger partial charge < -0.3 is 9.80 Å². The fourth-order valence-electron chi connectivity index (χ4n) is 10.9. The Hall–Kier alpha value is -7.68. The highest BCUT2D eigenvalue weighted by Crippen LogP contribution is 2.53. The Labute approximate surface area is 376 Å². The minimum absolute atomic E-state index is 0.108. The molecule has 0 spiro atoms. The fraction of sp³-hybridized carbons (Fsp3) is 0.0968. The van der Waals surface area contributed by atoms with E-state index in [9.17, 15) is 0 Å². The van der Waals surface area contributed by atoms with Crippen molar-refractivity contribution in [1.82, 2.24) is 0 Å². The minimum Gasteiger partial charge on any atom is -0.310 e. The van der Waals surface area contributed by atoms with Gasteiger partial charge in [0.25, 0.3) is 0 Å². The van der Waals surface area contributed by atoms with Crippen LogP contribution in [-0.4, -0.2) is 0 Å². The van der Waals surface area contributed by atoms with Crippen LogP contribution in [0, 0.1) is 0 Å². The lowest BCUT2D eigenvalue weighted by Crippen LogP contribution is -2.18. The standard InChI is InChI=1S/C62H48N2/c1-61(2)56-21-11-9-19-52(56)54-36-34-49(39-58(54)61)63(50-35-37-55-53-20-10-12-22-57(53)62(3,4)59(55)40-50)46-29-24-42(25-30-46)43-26-31-47(32-27-43)64(48-33-28-41-14-5-6-16-45(41)38-48)60-23-13-17-44-15-7-8-18-51(44)60/h5-40H,1-4H3. The lowest BCUT2D eigenvalue weighted by atomic mass is 9.82. The van der Waals surface area contributed by atoms with E-state index in [2.05, 4.69) is 256 Å². The number of fused-ring (bicyclic) bond motifs is 8. The van der Waals surface area contributed by atoms with Gasteiger partial charge in [0, 0.05) is 44.7 Å². The number of hydrogen-bond donors (Lipinski definition) is 0. The molecule has 2 aliphatic carbocycles. The second kappa shape index (κ2) is 14.4. The molecule has 0 saturated carbocycles. The lowest BCUT2D eigenvalue weighted by molar-refractivity contribution is 0.660. The largest absolute Gasteiger partial charge is 0.310 e. The minimum atomic E-state index is -0.108. The molecule has 10 aromatic rings. The van der Waals surface area contributed by atoms with Crippen LogP contribution in [0.25, 0.3) is 54.9 Å². The van der Waals surface area contributed by atoms with Gasteiger partial charge >= 0.3 is 0 Å². The normalized spacial score (nSPS) is 13.9. The zero-order valence-corrected chi connectivity index (χ0v) is 36.7. The fourth-order valence-corrected chi connectivity index (χ4v) is 10.9. The molecule has 0 aliphatic heterocycles. The van der Waals surface area contributed by atoms with Crippen LogP contribution in [0.2, 0.25) is 0 Å². The summed E-state index contributed by atoms with van der Waals surface area (Å²) in [5, 5.41) is 4.89. The van der Waals surface area contributed by atoms with Gasteiger partial charge in [-0.3, -0.25) is 0 Å². The van der Waals surface area contributed by atoms with Crippen LogP contribution in [0.1, 0.15) is 49.9 Å². The summed E-state index contributed by atoms with van der Waals surface area (Å²) in [6.07, 6.45) is 0.